The van der Waals surface area contributed by atoms with Crippen LogP contribution in [0.5, 0.6) is 5.75 Å². The minimum atomic E-state index is -5.04. The lowest BCUT2D eigenvalue weighted by Crippen LogP contribution is -2.76. The zero-order valence-corrected chi connectivity index (χ0v) is 30.5. The van der Waals surface area contributed by atoms with Gasteiger partial charge in [-0.1, -0.05) is 5.16 Å². The molecule has 284 valence electrons. The number of fused-ring (bicyclic) bond motifs is 1. The number of aryl methyl sites for hydroxylation is 1. The molecular weight excluding hydrogens is 725 g/mol. The summed E-state index contributed by atoms with van der Waals surface area (Å²) in [5, 5.41) is 30.6. The first-order valence-corrected chi connectivity index (χ1v) is 18.5. The van der Waals surface area contributed by atoms with Crippen molar-refractivity contribution >= 4 is 56.2 Å². The molecule has 0 radical (unpaired) electrons. The first-order chi connectivity index (χ1) is 24.3. The number of thiazole rings is 1. The van der Waals surface area contributed by atoms with Gasteiger partial charge in [0, 0.05) is 24.1 Å². The first kappa shape index (κ1) is 38.8. The number of carboxylic acids is 1. The molecule has 1 saturated heterocycles. The maximum Gasteiger partial charge on any atom is 0.418 e. The molecule has 3 aliphatic rings. The van der Waals surface area contributed by atoms with Crippen molar-refractivity contribution in [1.29, 1.82) is 5.41 Å². The van der Waals surface area contributed by atoms with Crippen molar-refractivity contribution in [1.82, 2.24) is 20.7 Å². The van der Waals surface area contributed by atoms with Crippen molar-refractivity contribution in [3.05, 3.63) is 40.4 Å². The molecule has 2 aromatic rings. The molecule has 0 bridgehead atoms. The summed E-state index contributed by atoms with van der Waals surface area (Å²) in [6.45, 7) is 4.40. The number of nitrogens with one attached hydrogen (secondary N) is 3. The van der Waals surface area contributed by atoms with Crippen LogP contribution in [0.4, 0.5) is 5.13 Å². The number of amidine groups is 1. The van der Waals surface area contributed by atoms with Gasteiger partial charge in [0.25, 0.3) is 17.4 Å². The average molecular weight is 767 g/mol. The second-order valence-corrected chi connectivity index (χ2v) is 15.6. The number of carboxylic acid groups (broad SMARTS) is 1. The topological polar surface area (TPSA) is 291 Å². The van der Waals surface area contributed by atoms with Crippen LogP contribution in [0.2, 0.25) is 0 Å². The van der Waals surface area contributed by atoms with Gasteiger partial charge in [0.15, 0.2) is 16.9 Å². The summed E-state index contributed by atoms with van der Waals surface area (Å²) in [5.74, 6) is -2.88. The molecule has 0 unspecified atom stereocenters. The smallest absolute Gasteiger partial charge is 0.418 e. The number of hydroxylamine groups is 2. The molecule has 2 aliphatic heterocycles. The number of ether oxygens (including phenoxy) is 2. The van der Waals surface area contributed by atoms with Crippen molar-refractivity contribution < 1.29 is 51.1 Å². The normalized spacial score (nSPS) is 25.5. The van der Waals surface area contributed by atoms with Crippen LogP contribution in [0.25, 0.3) is 0 Å². The molecule has 1 aromatic heterocycles. The van der Waals surface area contributed by atoms with Crippen LogP contribution in [-0.4, -0.2) is 106 Å². The molecule has 19 nitrogen and oxygen atoms in total. The quantitative estimate of drug-likeness (QED) is 0.0486. The number of carbonyl (C=O) groups excluding carboxylic acids is 2. The molecule has 9 N–H and O–H groups in total. The highest BCUT2D eigenvalue weighted by atomic mass is 32.3. The summed E-state index contributed by atoms with van der Waals surface area (Å²) >= 11 is 0.959. The number of oxime groups is 1. The van der Waals surface area contributed by atoms with Crippen molar-refractivity contribution in [3.8, 4) is 5.75 Å². The molecular formula is C31H42N8O11S2. The number of hydrogen-bond acceptors (Lipinski definition) is 15. The third-order valence-corrected chi connectivity index (χ3v) is 10.6. The van der Waals surface area contributed by atoms with Gasteiger partial charge in [0.05, 0.1) is 17.7 Å². The van der Waals surface area contributed by atoms with E-state index in [4.69, 9.17) is 35.7 Å². The van der Waals surface area contributed by atoms with Crippen LogP contribution < -0.4 is 26.8 Å². The van der Waals surface area contributed by atoms with E-state index in [1.165, 1.54) is 26.2 Å². The highest BCUT2D eigenvalue weighted by Gasteiger charge is 2.58. The van der Waals surface area contributed by atoms with E-state index < -0.39 is 62.7 Å². The lowest BCUT2D eigenvalue weighted by Gasteiger charge is -2.50. The average Bonchev–Trinajstić information content (AvgIpc) is 3.51. The van der Waals surface area contributed by atoms with Gasteiger partial charge in [0.1, 0.15) is 23.3 Å². The molecule has 3 heterocycles. The van der Waals surface area contributed by atoms with Crippen LogP contribution in [0, 0.1) is 5.41 Å². The molecule has 3 atom stereocenters. The Morgan fingerprint density at radius 2 is 1.96 bits per heavy atom. The van der Waals surface area contributed by atoms with Gasteiger partial charge in [0.2, 0.25) is 0 Å². The fourth-order valence-corrected chi connectivity index (χ4v) is 7.44. The van der Waals surface area contributed by atoms with E-state index in [1.54, 1.807) is 19.2 Å². The molecule has 2 fully saturated rings. The van der Waals surface area contributed by atoms with Crippen LogP contribution in [0.3, 0.4) is 0 Å². The minimum absolute atomic E-state index is 0.0518. The molecule has 1 aliphatic carbocycles. The molecule has 52 heavy (non-hydrogen) atoms. The van der Waals surface area contributed by atoms with Gasteiger partial charge in [-0.05, 0) is 83.1 Å². The number of hydrogen-bond donors (Lipinski definition) is 7. The fraction of sp³-hybridized carbons (Fsp3) is 0.548. The molecule has 5 rings (SSSR count). The summed E-state index contributed by atoms with van der Waals surface area (Å²) in [6, 6.07) is 3.93. The second-order valence-electron chi connectivity index (χ2n) is 13.7. The lowest BCUT2D eigenvalue weighted by atomic mass is 9.80. The highest BCUT2D eigenvalue weighted by molar-refractivity contribution is 7.80. The van der Waals surface area contributed by atoms with E-state index in [0.717, 1.165) is 42.6 Å². The predicted octanol–water partition coefficient (Wildman–Crippen LogP) is 0.725. The number of carbonyl (C=O) groups is 3. The number of nitrogens with two attached hydrogens (primary N) is 2. The zero-order valence-electron chi connectivity index (χ0n) is 28.9. The molecule has 1 saturated carbocycles. The van der Waals surface area contributed by atoms with Gasteiger partial charge >= 0.3 is 16.4 Å². The third kappa shape index (κ3) is 7.98. The van der Waals surface area contributed by atoms with Crippen LogP contribution in [-0.2, 0) is 45.1 Å². The number of nitrogen functional groups attached to an aromatic ring is 1. The molecule has 0 spiro atoms. The van der Waals surface area contributed by atoms with E-state index in [1.807, 2.05) is 6.07 Å². The van der Waals surface area contributed by atoms with Gasteiger partial charge < -0.3 is 41.5 Å². The molecule has 1 aromatic carbocycles. The van der Waals surface area contributed by atoms with Crippen molar-refractivity contribution in [3.63, 3.8) is 0 Å². The van der Waals surface area contributed by atoms with E-state index in [0.29, 0.717) is 29.4 Å². The van der Waals surface area contributed by atoms with E-state index in [2.05, 4.69) is 25.1 Å². The Bertz CT molecular complexity index is 1880. The second kappa shape index (κ2) is 14.5. The Labute approximate surface area is 303 Å². The standard InChI is InChI=1S/C31H42N8O11S2/c1-29(2)23(26(41)39(29)50-52(44,45)46)36-25(40)22(19-14-51-28(34)35-19)38-49-30(3,27(42)43)21-8-6-16-13-17(5-7-20(16)48-21)24(33)37-31(15-47-4)11-9-18(32)10-12-31/h5,7,13-14,18,21,23H,6,8-12,15,32H2,1-4H3,(H2,33,37)(H2,34,35)(H,36,40)(H,42,43)(H,44,45,46)/b38-22-/t18-,21-,23-,30+,31+/m1/s1. The van der Waals surface area contributed by atoms with Crippen molar-refractivity contribution in [2.45, 2.75) is 94.2 Å². The van der Waals surface area contributed by atoms with Gasteiger partial charge in [-0.25, -0.2) is 9.78 Å². The number of nitrogens with zero attached hydrogens (tertiary/aromatic N) is 3. The number of aliphatic carboxylic acids is 1. The Hall–Kier alpha value is -4.41. The number of anilines is 1. The molecule has 2 amide bonds. The number of aromatic nitrogens is 1. The summed E-state index contributed by atoms with van der Waals surface area (Å²) < 4.78 is 47.3. The summed E-state index contributed by atoms with van der Waals surface area (Å²) in [5.41, 5.74) is 8.62. The Morgan fingerprint density at radius 1 is 1.27 bits per heavy atom. The van der Waals surface area contributed by atoms with Gasteiger partial charge in [-0.3, -0.25) is 19.6 Å². The SMILES string of the molecule is COC[C@]1(NC(=N)c2ccc3c(c2)CC[C@H]([C@](C)(O/N=C(\C(=O)N[C@@H]2C(=O)N(OS(=O)(=O)O)C2(C)C)c2csc(N)n2)C(=O)O)O3)CC[C@@H](N)CC1. The Morgan fingerprint density at radius 3 is 2.54 bits per heavy atom. The van der Waals surface area contributed by atoms with Crippen LogP contribution in [0.15, 0.2) is 28.7 Å². The maximum absolute atomic E-state index is 13.5. The molecule has 21 heteroatoms. The van der Waals surface area contributed by atoms with E-state index in [-0.39, 0.29) is 29.1 Å². The Kier molecular flexibility index (Phi) is 10.9. The Balaban J connectivity index is 1.33. The first-order valence-electron chi connectivity index (χ1n) is 16.2. The highest BCUT2D eigenvalue weighted by Crippen LogP contribution is 2.36. The van der Waals surface area contributed by atoms with Gasteiger partial charge in [-0.2, -0.15) is 13.5 Å². The number of benzene rings is 1. The number of methoxy groups -OCH3 is 1. The lowest BCUT2D eigenvalue weighted by molar-refractivity contribution is -0.218. The van der Waals surface area contributed by atoms with E-state index >= 15 is 0 Å². The monoisotopic (exact) mass is 766 g/mol. The van der Waals surface area contributed by atoms with Crippen LogP contribution >= 0.6 is 11.3 Å². The fourth-order valence-electron chi connectivity index (χ4n) is 6.44. The van der Waals surface area contributed by atoms with Crippen molar-refractivity contribution in [2.75, 3.05) is 19.5 Å². The predicted molar refractivity (Wildman–Crippen MR) is 186 cm³/mol. The summed E-state index contributed by atoms with van der Waals surface area (Å²) in [4.78, 5) is 48.5. The summed E-state index contributed by atoms with van der Waals surface area (Å²) in [7, 11) is -3.42. The maximum atomic E-state index is 13.5. The third-order valence-electron chi connectivity index (χ3n) is 9.56. The zero-order chi connectivity index (χ0) is 38.2. The minimum Gasteiger partial charge on any atom is -0.485 e. The van der Waals surface area contributed by atoms with Crippen LogP contribution in [0.1, 0.15) is 69.7 Å². The number of rotatable bonds is 13. The summed E-state index contributed by atoms with van der Waals surface area (Å²) in [6.07, 6.45) is 2.59. The van der Waals surface area contributed by atoms with Crippen molar-refractivity contribution in [2.24, 2.45) is 10.9 Å². The van der Waals surface area contributed by atoms with Gasteiger partial charge in [-0.15, -0.1) is 15.6 Å². The largest absolute Gasteiger partial charge is 0.485 e. The number of β-lactam (4-membered cyclic amide) rings is 1. The van der Waals surface area contributed by atoms with E-state index in [9.17, 15) is 27.9 Å². The number of amides is 2.